The van der Waals surface area contributed by atoms with Crippen molar-refractivity contribution in [3.05, 3.63) is 28.5 Å². The van der Waals surface area contributed by atoms with E-state index in [2.05, 4.69) is 29.2 Å². The van der Waals surface area contributed by atoms with Gasteiger partial charge >= 0.3 is 0 Å². The minimum absolute atomic E-state index is 0.535. The number of hydrogen-bond donors (Lipinski definition) is 1. The number of rotatable bonds is 6. The van der Waals surface area contributed by atoms with E-state index < -0.39 is 0 Å². The van der Waals surface area contributed by atoms with Crippen molar-refractivity contribution < 1.29 is 0 Å². The van der Waals surface area contributed by atoms with Gasteiger partial charge in [0.2, 0.25) is 0 Å². The molecule has 0 atom stereocenters. The molecule has 2 aromatic rings. The molecule has 0 bridgehead atoms. The third kappa shape index (κ3) is 3.44. The van der Waals surface area contributed by atoms with E-state index in [0.29, 0.717) is 21.6 Å². The maximum Gasteiger partial charge on any atom is 0.145 e. The van der Waals surface area contributed by atoms with Gasteiger partial charge in [-0.2, -0.15) is 5.10 Å². The molecule has 0 aliphatic carbocycles. The van der Waals surface area contributed by atoms with Crippen LogP contribution >= 0.6 is 23.2 Å². The summed E-state index contributed by atoms with van der Waals surface area (Å²) in [5, 5.41) is 8.58. The largest absolute Gasteiger partial charge is 0.369 e. The number of nitrogens with zero attached hydrogens (tertiary/aromatic N) is 3. The highest BCUT2D eigenvalue weighted by atomic mass is 35.5. The molecule has 20 heavy (non-hydrogen) atoms. The van der Waals surface area contributed by atoms with Crippen molar-refractivity contribution in [2.75, 3.05) is 11.9 Å². The topological polar surface area (TPSA) is 42.7 Å². The SMILES string of the molecule is CCCNc1nc(-c2cnn(CCC)c2)c(Cl)cc1Cl. The van der Waals surface area contributed by atoms with E-state index in [1.807, 2.05) is 10.9 Å². The molecule has 0 amide bonds. The van der Waals surface area contributed by atoms with Gasteiger partial charge < -0.3 is 5.32 Å². The van der Waals surface area contributed by atoms with Gasteiger partial charge in [0.15, 0.2) is 0 Å². The fraction of sp³-hybridized carbons (Fsp3) is 0.429. The molecule has 0 radical (unpaired) electrons. The van der Waals surface area contributed by atoms with Gasteiger partial charge in [0.1, 0.15) is 5.82 Å². The quantitative estimate of drug-likeness (QED) is 0.855. The van der Waals surface area contributed by atoms with E-state index in [1.165, 1.54) is 0 Å². The monoisotopic (exact) mass is 312 g/mol. The Kier molecular flexibility index (Phi) is 5.26. The Hall–Kier alpha value is -1.26. The fourth-order valence-electron chi connectivity index (χ4n) is 1.87. The summed E-state index contributed by atoms with van der Waals surface area (Å²) in [4.78, 5) is 4.52. The van der Waals surface area contributed by atoms with E-state index in [4.69, 9.17) is 23.2 Å². The molecule has 0 saturated heterocycles. The van der Waals surface area contributed by atoms with Crippen LogP contribution in [0.5, 0.6) is 0 Å². The van der Waals surface area contributed by atoms with Gasteiger partial charge in [0, 0.05) is 24.8 Å². The van der Waals surface area contributed by atoms with Crippen molar-refractivity contribution in [1.82, 2.24) is 14.8 Å². The Morgan fingerprint density at radius 3 is 2.70 bits per heavy atom. The Morgan fingerprint density at radius 1 is 1.20 bits per heavy atom. The van der Waals surface area contributed by atoms with Crippen LogP contribution in [0.15, 0.2) is 18.5 Å². The number of aromatic nitrogens is 3. The zero-order chi connectivity index (χ0) is 14.5. The second-order valence-corrected chi connectivity index (χ2v) is 5.38. The Labute approximate surface area is 129 Å². The molecule has 0 aliphatic heterocycles. The molecule has 6 heteroatoms. The molecule has 0 aromatic carbocycles. The van der Waals surface area contributed by atoms with E-state index in [0.717, 1.165) is 31.5 Å². The molecule has 2 aromatic heterocycles. The number of hydrogen-bond acceptors (Lipinski definition) is 3. The molecule has 0 aliphatic rings. The van der Waals surface area contributed by atoms with E-state index in [9.17, 15) is 0 Å². The van der Waals surface area contributed by atoms with Crippen molar-refractivity contribution in [2.24, 2.45) is 0 Å². The second-order valence-electron chi connectivity index (χ2n) is 4.57. The summed E-state index contributed by atoms with van der Waals surface area (Å²) < 4.78 is 1.89. The van der Waals surface area contributed by atoms with Gasteiger partial charge in [0.25, 0.3) is 0 Å². The van der Waals surface area contributed by atoms with Gasteiger partial charge in [-0.3, -0.25) is 4.68 Å². The van der Waals surface area contributed by atoms with Crippen LogP contribution in [-0.4, -0.2) is 21.3 Å². The highest BCUT2D eigenvalue weighted by Gasteiger charge is 2.12. The van der Waals surface area contributed by atoms with Gasteiger partial charge in [0.05, 0.1) is 21.9 Å². The predicted octanol–water partition coefficient (Wildman–Crippen LogP) is 4.48. The highest BCUT2D eigenvalue weighted by Crippen LogP contribution is 2.32. The van der Waals surface area contributed by atoms with Crippen molar-refractivity contribution in [1.29, 1.82) is 0 Å². The molecule has 0 saturated carbocycles. The molecule has 0 spiro atoms. The van der Waals surface area contributed by atoms with Crippen molar-refractivity contribution in [2.45, 2.75) is 33.2 Å². The maximum atomic E-state index is 6.24. The molecule has 108 valence electrons. The van der Waals surface area contributed by atoms with Crippen molar-refractivity contribution in [3.63, 3.8) is 0 Å². The van der Waals surface area contributed by atoms with Gasteiger partial charge in [-0.05, 0) is 18.9 Å². The average Bonchev–Trinajstić information content (AvgIpc) is 2.87. The zero-order valence-corrected chi connectivity index (χ0v) is 13.2. The third-order valence-electron chi connectivity index (χ3n) is 2.83. The normalized spacial score (nSPS) is 10.8. The lowest BCUT2D eigenvalue weighted by Gasteiger charge is -2.09. The summed E-state index contributed by atoms with van der Waals surface area (Å²) in [6.07, 6.45) is 5.77. The third-order valence-corrected chi connectivity index (χ3v) is 3.41. The summed E-state index contributed by atoms with van der Waals surface area (Å²) in [5.74, 6) is 0.663. The fourth-order valence-corrected chi connectivity index (χ4v) is 2.41. The minimum Gasteiger partial charge on any atom is -0.369 e. The first kappa shape index (κ1) is 15.1. The zero-order valence-electron chi connectivity index (χ0n) is 11.7. The molecule has 2 rings (SSSR count). The van der Waals surface area contributed by atoms with Crippen LogP contribution in [0, 0.1) is 0 Å². The van der Waals surface area contributed by atoms with Crippen LogP contribution in [0.1, 0.15) is 26.7 Å². The summed E-state index contributed by atoms with van der Waals surface area (Å²) in [6, 6.07) is 1.72. The molecule has 4 nitrogen and oxygen atoms in total. The standard InChI is InChI=1S/C14H18Cl2N4/c1-3-5-17-14-12(16)7-11(15)13(19-14)10-8-18-20(9-10)6-4-2/h7-9H,3-6H2,1-2H3,(H,17,19). The highest BCUT2D eigenvalue weighted by molar-refractivity contribution is 6.37. The maximum absolute atomic E-state index is 6.24. The summed E-state index contributed by atoms with van der Waals surface area (Å²) in [5.41, 5.74) is 1.61. The van der Waals surface area contributed by atoms with Crippen LogP contribution < -0.4 is 5.32 Å². The first-order chi connectivity index (χ1) is 9.65. The van der Waals surface area contributed by atoms with E-state index >= 15 is 0 Å². The average molecular weight is 313 g/mol. The number of nitrogens with one attached hydrogen (secondary N) is 1. The predicted molar refractivity (Wildman–Crippen MR) is 84.5 cm³/mol. The molecule has 2 heterocycles. The number of halogens is 2. The van der Waals surface area contributed by atoms with Crippen molar-refractivity contribution in [3.8, 4) is 11.3 Å². The first-order valence-electron chi connectivity index (χ1n) is 6.78. The first-order valence-corrected chi connectivity index (χ1v) is 7.54. The van der Waals surface area contributed by atoms with Gasteiger partial charge in [-0.15, -0.1) is 0 Å². The van der Waals surface area contributed by atoms with Crippen LogP contribution in [-0.2, 0) is 6.54 Å². The van der Waals surface area contributed by atoms with Crippen LogP contribution in [0.3, 0.4) is 0 Å². The van der Waals surface area contributed by atoms with Gasteiger partial charge in [-0.25, -0.2) is 4.98 Å². The summed E-state index contributed by atoms with van der Waals surface area (Å²) in [7, 11) is 0. The number of anilines is 1. The minimum atomic E-state index is 0.535. The summed E-state index contributed by atoms with van der Waals surface area (Å²) in [6.45, 7) is 5.91. The lowest BCUT2D eigenvalue weighted by Crippen LogP contribution is -2.03. The Morgan fingerprint density at radius 2 is 2.00 bits per heavy atom. The molecule has 1 N–H and O–H groups in total. The van der Waals surface area contributed by atoms with Crippen molar-refractivity contribution >= 4 is 29.0 Å². The lowest BCUT2D eigenvalue weighted by molar-refractivity contribution is 0.603. The molecule has 0 unspecified atom stereocenters. The molecule has 0 fully saturated rings. The Bertz CT molecular complexity index is 581. The second kappa shape index (κ2) is 6.95. The smallest absolute Gasteiger partial charge is 0.145 e. The Balaban J connectivity index is 2.33. The van der Waals surface area contributed by atoms with Crippen LogP contribution in [0.2, 0.25) is 10.0 Å². The lowest BCUT2D eigenvalue weighted by atomic mass is 10.2. The summed E-state index contributed by atoms with van der Waals surface area (Å²) >= 11 is 12.4. The van der Waals surface area contributed by atoms with Gasteiger partial charge in [-0.1, -0.05) is 37.0 Å². The van der Waals surface area contributed by atoms with Crippen LogP contribution in [0.4, 0.5) is 5.82 Å². The number of aryl methyl sites for hydroxylation is 1. The molecular formula is C14H18Cl2N4. The van der Waals surface area contributed by atoms with E-state index in [-0.39, 0.29) is 0 Å². The van der Waals surface area contributed by atoms with E-state index in [1.54, 1.807) is 12.3 Å². The van der Waals surface area contributed by atoms with Crippen LogP contribution in [0.25, 0.3) is 11.3 Å². The molecular weight excluding hydrogens is 295 g/mol. The number of pyridine rings is 1.